The van der Waals surface area contributed by atoms with E-state index in [2.05, 4.69) is 19.2 Å². The lowest BCUT2D eigenvalue weighted by molar-refractivity contribution is 0.509. The van der Waals surface area contributed by atoms with Gasteiger partial charge >= 0.3 is 0 Å². The molecule has 0 fully saturated rings. The lowest BCUT2D eigenvalue weighted by Crippen LogP contribution is -2.25. The molecule has 102 valence electrons. The number of rotatable bonds is 8. The fourth-order valence-corrected chi connectivity index (χ4v) is 3.47. The average molecular weight is 288 g/mol. The quantitative estimate of drug-likeness (QED) is 0.740. The summed E-state index contributed by atoms with van der Waals surface area (Å²) in [5, 5.41) is 3.99. The summed E-state index contributed by atoms with van der Waals surface area (Å²) in [5.74, 6) is 0.697. The average Bonchev–Trinajstić information content (AvgIpc) is 2.35. The molecule has 2 unspecified atom stereocenters. The molecular weight excluding hydrogens is 266 g/mol. The van der Waals surface area contributed by atoms with Gasteiger partial charge in [-0.25, -0.2) is 0 Å². The molecule has 2 atom stereocenters. The maximum Gasteiger partial charge on any atom is 0.0574 e. The highest BCUT2D eigenvalue weighted by Crippen LogP contribution is 2.19. The van der Waals surface area contributed by atoms with Crippen molar-refractivity contribution in [3.05, 3.63) is 29.3 Å². The first kappa shape index (κ1) is 15.7. The van der Waals surface area contributed by atoms with E-state index in [0.717, 1.165) is 30.7 Å². The summed E-state index contributed by atoms with van der Waals surface area (Å²) in [6.07, 6.45) is 3.21. The molecule has 0 heterocycles. The zero-order valence-corrected chi connectivity index (χ0v) is 12.7. The summed E-state index contributed by atoms with van der Waals surface area (Å²) in [5.41, 5.74) is 0. The molecule has 0 aliphatic carbocycles. The molecule has 1 rings (SSSR count). The number of halogens is 1. The first-order valence-corrected chi connectivity index (χ1v) is 8.21. The molecule has 1 aromatic carbocycles. The van der Waals surface area contributed by atoms with Gasteiger partial charge in [0, 0.05) is 11.8 Å². The first-order valence-electron chi connectivity index (χ1n) is 6.51. The Hall–Kier alpha value is -0.380. The molecule has 0 aliphatic heterocycles. The lowest BCUT2D eigenvalue weighted by atomic mass is 10.1. The Kier molecular flexibility index (Phi) is 7.56. The SMILES string of the molecule is CCNC(C)CCCCS(=O)c1ccccc1Cl. The van der Waals surface area contributed by atoms with Crippen LogP contribution in [0.2, 0.25) is 5.02 Å². The van der Waals surface area contributed by atoms with Crippen molar-refractivity contribution >= 4 is 22.4 Å². The highest BCUT2D eigenvalue weighted by Gasteiger charge is 2.07. The van der Waals surface area contributed by atoms with Gasteiger partial charge in [0.15, 0.2) is 0 Å². The summed E-state index contributed by atoms with van der Waals surface area (Å²) in [6, 6.07) is 7.93. The van der Waals surface area contributed by atoms with Crippen LogP contribution in [0, 0.1) is 0 Å². The van der Waals surface area contributed by atoms with Gasteiger partial charge in [0.25, 0.3) is 0 Å². The third kappa shape index (κ3) is 5.51. The maximum absolute atomic E-state index is 12.0. The fraction of sp³-hybridized carbons (Fsp3) is 0.571. The minimum atomic E-state index is -0.966. The van der Waals surface area contributed by atoms with Crippen molar-refractivity contribution < 1.29 is 4.21 Å². The standard InChI is InChI=1S/C14H22ClNOS/c1-3-16-12(2)8-6-7-11-18(17)14-10-5-4-9-13(14)15/h4-5,9-10,12,16H,3,6-8,11H2,1-2H3. The van der Waals surface area contributed by atoms with Crippen LogP contribution in [0.15, 0.2) is 29.2 Å². The van der Waals surface area contributed by atoms with E-state index < -0.39 is 10.8 Å². The normalized spacial score (nSPS) is 14.4. The topological polar surface area (TPSA) is 29.1 Å². The number of hydrogen-bond donors (Lipinski definition) is 1. The minimum Gasteiger partial charge on any atom is -0.315 e. The van der Waals surface area contributed by atoms with E-state index in [1.807, 2.05) is 18.2 Å². The van der Waals surface area contributed by atoms with Gasteiger partial charge in [0.1, 0.15) is 0 Å². The summed E-state index contributed by atoms with van der Waals surface area (Å²) in [6.45, 7) is 5.31. The Labute approximate surface area is 118 Å². The van der Waals surface area contributed by atoms with E-state index in [4.69, 9.17) is 11.6 Å². The van der Waals surface area contributed by atoms with Gasteiger partial charge in [0.2, 0.25) is 0 Å². The third-order valence-corrected chi connectivity index (χ3v) is 4.80. The zero-order valence-electron chi connectivity index (χ0n) is 11.1. The van der Waals surface area contributed by atoms with Crippen molar-refractivity contribution in [2.24, 2.45) is 0 Å². The zero-order chi connectivity index (χ0) is 13.4. The van der Waals surface area contributed by atoms with Gasteiger partial charge in [-0.1, -0.05) is 37.1 Å². The monoisotopic (exact) mass is 287 g/mol. The van der Waals surface area contributed by atoms with Crippen molar-refractivity contribution in [2.75, 3.05) is 12.3 Å². The first-order chi connectivity index (χ1) is 8.65. The molecule has 2 nitrogen and oxygen atoms in total. The fourth-order valence-electron chi connectivity index (χ4n) is 1.87. The van der Waals surface area contributed by atoms with E-state index in [1.54, 1.807) is 6.07 Å². The molecule has 18 heavy (non-hydrogen) atoms. The van der Waals surface area contributed by atoms with Gasteiger partial charge in [-0.2, -0.15) is 0 Å². The van der Waals surface area contributed by atoms with Gasteiger partial charge < -0.3 is 5.32 Å². The van der Waals surface area contributed by atoms with Crippen molar-refractivity contribution in [1.82, 2.24) is 5.32 Å². The minimum absolute atomic E-state index is 0.545. The van der Waals surface area contributed by atoms with Gasteiger partial charge in [-0.05, 0) is 38.4 Å². The van der Waals surface area contributed by atoms with E-state index in [9.17, 15) is 4.21 Å². The highest BCUT2D eigenvalue weighted by molar-refractivity contribution is 7.85. The Morgan fingerprint density at radius 2 is 2.06 bits per heavy atom. The highest BCUT2D eigenvalue weighted by atomic mass is 35.5. The van der Waals surface area contributed by atoms with Crippen LogP contribution in [0.3, 0.4) is 0 Å². The number of unbranched alkanes of at least 4 members (excludes halogenated alkanes) is 1. The third-order valence-electron chi connectivity index (χ3n) is 2.85. The molecule has 4 heteroatoms. The molecule has 0 radical (unpaired) electrons. The van der Waals surface area contributed by atoms with Crippen molar-refractivity contribution in [2.45, 2.75) is 44.0 Å². The van der Waals surface area contributed by atoms with Crippen LogP contribution < -0.4 is 5.32 Å². The summed E-state index contributed by atoms with van der Waals surface area (Å²) >= 11 is 6.02. The molecule has 0 bridgehead atoms. The number of nitrogens with one attached hydrogen (secondary N) is 1. The lowest BCUT2D eigenvalue weighted by Gasteiger charge is -2.11. The Balaban J connectivity index is 2.28. The smallest absolute Gasteiger partial charge is 0.0574 e. The van der Waals surface area contributed by atoms with E-state index in [0.29, 0.717) is 16.8 Å². The van der Waals surface area contributed by atoms with Gasteiger partial charge in [-0.15, -0.1) is 0 Å². The Morgan fingerprint density at radius 1 is 1.33 bits per heavy atom. The largest absolute Gasteiger partial charge is 0.315 e. The second-order valence-corrected chi connectivity index (χ2v) is 6.38. The van der Waals surface area contributed by atoms with Crippen molar-refractivity contribution in [3.8, 4) is 0 Å². The van der Waals surface area contributed by atoms with E-state index in [1.165, 1.54) is 0 Å². The molecule has 1 aromatic rings. The predicted molar refractivity (Wildman–Crippen MR) is 79.7 cm³/mol. The molecule has 0 saturated heterocycles. The van der Waals surface area contributed by atoms with Gasteiger partial charge in [0.05, 0.1) is 20.7 Å². The second-order valence-electron chi connectivity index (χ2n) is 4.43. The molecule has 1 N–H and O–H groups in total. The Morgan fingerprint density at radius 3 is 2.72 bits per heavy atom. The molecule has 0 amide bonds. The molecule has 0 saturated carbocycles. The van der Waals surface area contributed by atoms with Crippen LogP contribution >= 0.6 is 11.6 Å². The summed E-state index contributed by atoms with van der Waals surface area (Å²) in [4.78, 5) is 0.763. The van der Waals surface area contributed by atoms with Gasteiger partial charge in [-0.3, -0.25) is 4.21 Å². The number of benzene rings is 1. The number of hydrogen-bond acceptors (Lipinski definition) is 2. The van der Waals surface area contributed by atoms with Crippen LogP contribution in [0.1, 0.15) is 33.1 Å². The maximum atomic E-state index is 12.0. The van der Waals surface area contributed by atoms with Crippen molar-refractivity contribution in [3.63, 3.8) is 0 Å². The van der Waals surface area contributed by atoms with Crippen LogP contribution in [-0.4, -0.2) is 22.5 Å². The van der Waals surface area contributed by atoms with Crippen LogP contribution in [-0.2, 0) is 10.8 Å². The second kappa shape index (κ2) is 8.68. The molecular formula is C14H22ClNOS. The van der Waals surface area contributed by atoms with E-state index in [-0.39, 0.29) is 0 Å². The molecule has 0 spiro atoms. The Bertz CT molecular complexity index is 384. The molecule has 0 aliphatic rings. The summed E-state index contributed by atoms with van der Waals surface area (Å²) < 4.78 is 12.0. The summed E-state index contributed by atoms with van der Waals surface area (Å²) in [7, 11) is -0.966. The predicted octanol–water partition coefficient (Wildman–Crippen LogP) is 3.62. The van der Waals surface area contributed by atoms with Crippen LogP contribution in [0.25, 0.3) is 0 Å². The van der Waals surface area contributed by atoms with E-state index >= 15 is 0 Å². The van der Waals surface area contributed by atoms with Crippen LogP contribution in [0.5, 0.6) is 0 Å². The van der Waals surface area contributed by atoms with Crippen molar-refractivity contribution in [1.29, 1.82) is 0 Å². The van der Waals surface area contributed by atoms with Crippen LogP contribution in [0.4, 0.5) is 0 Å². The molecule has 0 aromatic heterocycles.